The number of amides is 3. The SMILES string of the molecule is CC(C)CN(C(=O)c1cccs1)C1CC(C(=O)N2CCNCC2)N(C(=O)c2ccc(F)cc2)C1. The lowest BCUT2D eigenvalue weighted by Crippen LogP contribution is -2.53. The molecule has 34 heavy (non-hydrogen) atoms. The predicted molar refractivity (Wildman–Crippen MR) is 129 cm³/mol. The highest BCUT2D eigenvalue weighted by Crippen LogP contribution is 2.28. The zero-order chi connectivity index (χ0) is 24.2. The monoisotopic (exact) mass is 486 g/mol. The van der Waals surface area contributed by atoms with E-state index in [9.17, 15) is 18.8 Å². The Morgan fingerprint density at radius 2 is 1.85 bits per heavy atom. The fourth-order valence-corrected chi connectivity index (χ4v) is 5.36. The number of rotatable bonds is 6. The van der Waals surface area contributed by atoms with Crippen LogP contribution < -0.4 is 5.32 Å². The molecule has 1 aromatic carbocycles. The van der Waals surface area contributed by atoms with Crippen molar-refractivity contribution in [2.24, 2.45) is 5.92 Å². The number of carbonyl (C=O) groups excluding carboxylic acids is 3. The Labute approximate surface area is 203 Å². The molecule has 4 rings (SSSR count). The highest BCUT2D eigenvalue weighted by Gasteiger charge is 2.45. The van der Waals surface area contributed by atoms with Crippen LogP contribution in [0.2, 0.25) is 0 Å². The molecule has 182 valence electrons. The summed E-state index contributed by atoms with van der Waals surface area (Å²) in [5.74, 6) is -0.670. The molecular weight excluding hydrogens is 455 g/mol. The van der Waals surface area contributed by atoms with Crippen LogP contribution in [0.4, 0.5) is 4.39 Å². The van der Waals surface area contributed by atoms with Crippen molar-refractivity contribution in [3.8, 4) is 0 Å². The molecule has 3 amide bonds. The number of hydrogen-bond donors (Lipinski definition) is 1. The van der Waals surface area contributed by atoms with Gasteiger partial charge in [-0.05, 0) is 48.1 Å². The number of piperazine rings is 1. The highest BCUT2D eigenvalue weighted by molar-refractivity contribution is 7.12. The summed E-state index contributed by atoms with van der Waals surface area (Å²) < 4.78 is 13.5. The zero-order valence-corrected chi connectivity index (χ0v) is 20.4. The number of thiophene rings is 1. The zero-order valence-electron chi connectivity index (χ0n) is 19.6. The summed E-state index contributed by atoms with van der Waals surface area (Å²) in [5, 5.41) is 5.11. The first-order valence-electron chi connectivity index (χ1n) is 11.8. The van der Waals surface area contributed by atoms with Gasteiger partial charge in [0.25, 0.3) is 11.8 Å². The lowest BCUT2D eigenvalue weighted by atomic mass is 10.1. The minimum Gasteiger partial charge on any atom is -0.338 e. The number of benzene rings is 1. The van der Waals surface area contributed by atoms with Crippen molar-refractivity contribution in [2.75, 3.05) is 39.3 Å². The Hall–Kier alpha value is -2.78. The van der Waals surface area contributed by atoms with Gasteiger partial charge in [0.2, 0.25) is 5.91 Å². The van der Waals surface area contributed by atoms with E-state index in [1.165, 1.54) is 35.6 Å². The van der Waals surface area contributed by atoms with Gasteiger partial charge in [-0.15, -0.1) is 11.3 Å². The van der Waals surface area contributed by atoms with Crippen LogP contribution in [-0.4, -0.2) is 83.8 Å². The molecule has 0 bridgehead atoms. The number of likely N-dealkylation sites (tertiary alicyclic amines) is 1. The number of halogens is 1. The normalized spacial score (nSPS) is 20.6. The van der Waals surface area contributed by atoms with Gasteiger partial charge in [-0.1, -0.05) is 19.9 Å². The molecule has 2 aromatic rings. The third kappa shape index (κ3) is 5.31. The first-order valence-corrected chi connectivity index (χ1v) is 12.6. The third-order valence-corrected chi connectivity index (χ3v) is 7.20. The van der Waals surface area contributed by atoms with Crippen LogP contribution in [-0.2, 0) is 4.79 Å². The number of carbonyl (C=O) groups is 3. The van der Waals surface area contributed by atoms with E-state index in [-0.39, 0.29) is 36.2 Å². The van der Waals surface area contributed by atoms with Crippen molar-refractivity contribution in [3.63, 3.8) is 0 Å². The first-order chi connectivity index (χ1) is 16.3. The third-order valence-electron chi connectivity index (χ3n) is 6.34. The van der Waals surface area contributed by atoms with Crippen molar-refractivity contribution >= 4 is 29.1 Å². The summed E-state index contributed by atoms with van der Waals surface area (Å²) in [4.78, 5) is 46.2. The minimum absolute atomic E-state index is 0.0712. The van der Waals surface area contributed by atoms with Gasteiger partial charge in [-0.2, -0.15) is 0 Å². The molecule has 1 aromatic heterocycles. The van der Waals surface area contributed by atoms with Crippen molar-refractivity contribution in [3.05, 3.63) is 58.0 Å². The van der Waals surface area contributed by atoms with Crippen molar-refractivity contribution in [2.45, 2.75) is 32.4 Å². The van der Waals surface area contributed by atoms with Crippen LogP contribution in [0.3, 0.4) is 0 Å². The van der Waals surface area contributed by atoms with Crippen LogP contribution in [0.15, 0.2) is 41.8 Å². The van der Waals surface area contributed by atoms with Crippen LogP contribution in [0.1, 0.15) is 40.3 Å². The van der Waals surface area contributed by atoms with E-state index in [0.29, 0.717) is 49.6 Å². The summed E-state index contributed by atoms with van der Waals surface area (Å²) in [6.45, 7) is 7.50. The smallest absolute Gasteiger partial charge is 0.264 e. The molecule has 2 saturated heterocycles. The van der Waals surface area contributed by atoms with Crippen molar-refractivity contribution < 1.29 is 18.8 Å². The fourth-order valence-electron chi connectivity index (χ4n) is 4.69. The first kappa shape index (κ1) is 24.3. The van der Waals surface area contributed by atoms with E-state index >= 15 is 0 Å². The van der Waals surface area contributed by atoms with E-state index in [1.54, 1.807) is 15.9 Å². The van der Waals surface area contributed by atoms with Crippen LogP contribution >= 0.6 is 11.3 Å². The second-order valence-corrected chi connectivity index (χ2v) is 10.2. The van der Waals surface area contributed by atoms with E-state index in [1.807, 2.05) is 16.3 Å². The van der Waals surface area contributed by atoms with Crippen LogP contribution in [0, 0.1) is 11.7 Å². The molecule has 9 heteroatoms. The van der Waals surface area contributed by atoms with Gasteiger partial charge < -0.3 is 20.0 Å². The second-order valence-electron chi connectivity index (χ2n) is 9.27. The van der Waals surface area contributed by atoms with Crippen LogP contribution in [0.5, 0.6) is 0 Å². The summed E-state index contributed by atoms with van der Waals surface area (Å²) in [6, 6.07) is 8.10. The average molecular weight is 487 g/mol. The van der Waals surface area contributed by atoms with Gasteiger partial charge in [-0.3, -0.25) is 14.4 Å². The van der Waals surface area contributed by atoms with E-state index in [0.717, 1.165) is 0 Å². The molecule has 0 spiro atoms. The standard InChI is InChI=1S/C25H31FN4O3S/c1-17(2)15-29(25(33)22-4-3-13-34-22)20-14-21(24(32)28-11-9-27-10-12-28)30(16-20)23(31)18-5-7-19(26)8-6-18/h3-8,13,17,20-21,27H,9-12,14-16H2,1-2H3. The summed E-state index contributed by atoms with van der Waals surface area (Å²) in [5.41, 5.74) is 0.333. The highest BCUT2D eigenvalue weighted by atomic mass is 32.1. The molecule has 2 fully saturated rings. The topological polar surface area (TPSA) is 73.0 Å². The Balaban J connectivity index is 1.63. The minimum atomic E-state index is -0.661. The largest absolute Gasteiger partial charge is 0.338 e. The Morgan fingerprint density at radius 1 is 1.15 bits per heavy atom. The fraction of sp³-hybridized carbons (Fsp3) is 0.480. The average Bonchev–Trinajstić information content (AvgIpc) is 3.53. The molecule has 2 aliphatic rings. The van der Waals surface area contributed by atoms with Gasteiger partial charge in [0.05, 0.1) is 10.9 Å². The molecule has 1 N–H and O–H groups in total. The van der Waals surface area contributed by atoms with Gasteiger partial charge in [0.1, 0.15) is 11.9 Å². The maximum absolute atomic E-state index is 13.5. The number of hydrogen-bond acceptors (Lipinski definition) is 5. The van der Waals surface area contributed by atoms with Gasteiger partial charge in [-0.25, -0.2) is 4.39 Å². The second kappa shape index (κ2) is 10.7. The molecule has 2 atom stereocenters. The number of nitrogens with one attached hydrogen (secondary N) is 1. The maximum Gasteiger partial charge on any atom is 0.264 e. The summed E-state index contributed by atoms with van der Waals surface area (Å²) in [6.07, 6.45) is 0.388. The summed E-state index contributed by atoms with van der Waals surface area (Å²) in [7, 11) is 0. The van der Waals surface area contributed by atoms with E-state index < -0.39 is 11.9 Å². The van der Waals surface area contributed by atoms with Crippen molar-refractivity contribution in [1.29, 1.82) is 0 Å². The molecule has 0 radical (unpaired) electrons. The van der Waals surface area contributed by atoms with E-state index in [2.05, 4.69) is 19.2 Å². The molecule has 7 nitrogen and oxygen atoms in total. The lowest BCUT2D eigenvalue weighted by molar-refractivity contribution is -0.135. The molecule has 0 saturated carbocycles. The molecule has 0 aliphatic carbocycles. The summed E-state index contributed by atoms with van der Waals surface area (Å²) >= 11 is 1.39. The lowest BCUT2D eigenvalue weighted by Gasteiger charge is -2.32. The van der Waals surface area contributed by atoms with Crippen molar-refractivity contribution in [1.82, 2.24) is 20.0 Å². The number of nitrogens with zero attached hydrogens (tertiary/aromatic N) is 3. The molecule has 2 unspecified atom stereocenters. The predicted octanol–water partition coefficient (Wildman–Crippen LogP) is 2.70. The molecule has 2 aliphatic heterocycles. The van der Waals surface area contributed by atoms with Gasteiger partial charge in [0.15, 0.2) is 0 Å². The Bertz CT molecular complexity index is 1010. The van der Waals surface area contributed by atoms with Crippen LogP contribution in [0.25, 0.3) is 0 Å². The van der Waals surface area contributed by atoms with E-state index in [4.69, 9.17) is 0 Å². The molecular formula is C25H31FN4O3S. The van der Waals surface area contributed by atoms with Gasteiger partial charge in [0, 0.05) is 44.8 Å². The van der Waals surface area contributed by atoms with Gasteiger partial charge >= 0.3 is 0 Å². The quantitative estimate of drug-likeness (QED) is 0.682. The molecule has 3 heterocycles. The Kier molecular flexibility index (Phi) is 7.63. The maximum atomic E-state index is 13.5. The Morgan fingerprint density at radius 3 is 2.47 bits per heavy atom.